The van der Waals surface area contributed by atoms with Gasteiger partial charge in [0.05, 0.1) is 17.2 Å². The van der Waals surface area contributed by atoms with Gasteiger partial charge in [0, 0.05) is 11.6 Å². The molecule has 0 N–H and O–H groups in total. The van der Waals surface area contributed by atoms with E-state index in [1.54, 1.807) is 0 Å². The minimum Gasteiger partial charge on any atom is -0.466 e. The zero-order valence-electron chi connectivity index (χ0n) is 7.76. The first-order valence-corrected chi connectivity index (χ1v) is 4.70. The van der Waals surface area contributed by atoms with Gasteiger partial charge in [0.2, 0.25) is 0 Å². The standard InChI is InChI=1S/C10H7Cl2FO2/c1-15-10(14)3-2-7-8(11)4-6(13)5-9(7)12/h2-5H,1H3. The molecule has 1 rings (SSSR count). The summed E-state index contributed by atoms with van der Waals surface area (Å²) < 4.78 is 17.2. The fourth-order valence-electron chi connectivity index (χ4n) is 0.932. The molecule has 0 aliphatic carbocycles. The Balaban J connectivity index is 3.05. The third-order valence-electron chi connectivity index (χ3n) is 1.63. The van der Waals surface area contributed by atoms with E-state index < -0.39 is 11.8 Å². The second-order valence-corrected chi connectivity index (χ2v) is 3.45. The molecule has 5 heteroatoms. The van der Waals surface area contributed by atoms with Gasteiger partial charge in [-0.25, -0.2) is 9.18 Å². The fourth-order valence-corrected chi connectivity index (χ4v) is 1.52. The molecule has 0 aliphatic rings. The second-order valence-electron chi connectivity index (χ2n) is 2.64. The van der Waals surface area contributed by atoms with Crippen LogP contribution >= 0.6 is 23.2 Å². The van der Waals surface area contributed by atoms with Gasteiger partial charge in [-0.15, -0.1) is 0 Å². The highest BCUT2D eigenvalue weighted by Crippen LogP contribution is 2.27. The van der Waals surface area contributed by atoms with Crippen molar-refractivity contribution in [3.05, 3.63) is 39.6 Å². The Labute approximate surface area is 96.2 Å². The fraction of sp³-hybridized carbons (Fsp3) is 0.100. The number of methoxy groups -OCH3 is 1. The number of carbonyl (C=O) groups is 1. The SMILES string of the molecule is COC(=O)C=Cc1c(Cl)cc(F)cc1Cl. The maximum atomic E-state index is 12.8. The number of rotatable bonds is 2. The van der Waals surface area contributed by atoms with Crippen LogP contribution in [-0.2, 0) is 9.53 Å². The minimum atomic E-state index is -0.536. The highest BCUT2D eigenvalue weighted by atomic mass is 35.5. The lowest BCUT2D eigenvalue weighted by Gasteiger charge is -2.01. The second kappa shape index (κ2) is 5.14. The summed E-state index contributed by atoms with van der Waals surface area (Å²) >= 11 is 11.5. The molecule has 0 fully saturated rings. The summed E-state index contributed by atoms with van der Waals surface area (Å²) in [6.07, 6.45) is 2.53. The third-order valence-corrected chi connectivity index (χ3v) is 2.26. The minimum absolute atomic E-state index is 0.139. The van der Waals surface area contributed by atoms with Crippen molar-refractivity contribution in [2.45, 2.75) is 0 Å². The molecule has 2 nitrogen and oxygen atoms in total. The number of benzene rings is 1. The summed E-state index contributed by atoms with van der Waals surface area (Å²) in [4.78, 5) is 10.8. The Hall–Kier alpha value is -1.06. The summed E-state index contributed by atoms with van der Waals surface area (Å²) in [7, 11) is 1.25. The number of carbonyl (C=O) groups excluding carboxylic acids is 1. The summed E-state index contributed by atoms with van der Waals surface area (Å²) in [5, 5.41) is 0.278. The van der Waals surface area contributed by atoms with E-state index in [1.807, 2.05) is 0 Å². The Morgan fingerprint density at radius 1 is 1.40 bits per heavy atom. The first kappa shape index (κ1) is 12.0. The van der Waals surface area contributed by atoms with Crippen molar-refractivity contribution in [1.29, 1.82) is 0 Å². The maximum absolute atomic E-state index is 12.8. The van der Waals surface area contributed by atoms with Gasteiger partial charge in [-0.1, -0.05) is 23.2 Å². The molecule has 0 unspecified atom stereocenters. The molecule has 0 radical (unpaired) electrons. The van der Waals surface area contributed by atoms with Gasteiger partial charge in [0.25, 0.3) is 0 Å². The molecule has 1 aromatic rings. The van der Waals surface area contributed by atoms with E-state index in [1.165, 1.54) is 13.2 Å². The van der Waals surface area contributed by atoms with Crippen molar-refractivity contribution in [1.82, 2.24) is 0 Å². The van der Waals surface area contributed by atoms with Crippen LogP contribution in [0.1, 0.15) is 5.56 Å². The van der Waals surface area contributed by atoms with E-state index in [0.29, 0.717) is 5.56 Å². The topological polar surface area (TPSA) is 26.3 Å². The van der Waals surface area contributed by atoms with Crippen LogP contribution in [0.2, 0.25) is 10.0 Å². The molecular formula is C10H7Cl2FO2. The van der Waals surface area contributed by atoms with E-state index in [9.17, 15) is 9.18 Å². The van der Waals surface area contributed by atoms with E-state index >= 15 is 0 Å². The van der Waals surface area contributed by atoms with Crippen LogP contribution in [0.4, 0.5) is 4.39 Å². The molecule has 0 aliphatic heterocycles. The number of ether oxygens (including phenoxy) is 1. The summed E-state index contributed by atoms with van der Waals surface area (Å²) in [5.74, 6) is -1.06. The Morgan fingerprint density at radius 3 is 2.40 bits per heavy atom. The van der Waals surface area contributed by atoms with Crippen LogP contribution < -0.4 is 0 Å². The predicted octanol–water partition coefficient (Wildman–Crippen LogP) is 3.32. The highest BCUT2D eigenvalue weighted by molar-refractivity contribution is 6.37. The van der Waals surface area contributed by atoms with Gasteiger partial charge >= 0.3 is 5.97 Å². The summed E-state index contributed by atoms with van der Waals surface area (Å²) in [6, 6.07) is 2.23. The zero-order chi connectivity index (χ0) is 11.4. The van der Waals surface area contributed by atoms with E-state index in [0.717, 1.165) is 18.2 Å². The summed E-state index contributed by atoms with van der Waals surface area (Å²) in [5.41, 5.74) is 0.380. The quantitative estimate of drug-likeness (QED) is 0.593. The maximum Gasteiger partial charge on any atom is 0.330 e. The largest absolute Gasteiger partial charge is 0.466 e. The highest BCUT2D eigenvalue weighted by Gasteiger charge is 2.06. The number of esters is 1. The lowest BCUT2D eigenvalue weighted by atomic mass is 10.2. The van der Waals surface area contributed by atoms with E-state index in [4.69, 9.17) is 23.2 Å². The van der Waals surface area contributed by atoms with Crippen molar-refractivity contribution in [2.75, 3.05) is 7.11 Å². The molecular weight excluding hydrogens is 242 g/mol. The lowest BCUT2D eigenvalue weighted by molar-refractivity contribution is -0.134. The first-order chi connectivity index (χ1) is 7.04. The van der Waals surface area contributed by atoms with Crippen molar-refractivity contribution < 1.29 is 13.9 Å². The van der Waals surface area contributed by atoms with Crippen LogP contribution in [0.25, 0.3) is 6.08 Å². The van der Waals surface area contributed by atoms with Gasteiger partial charge in [0.1, 0.15) is 5.82 Å². The number of halogens is 3. The number of hydrogen-bond donors (Lipinski definition) is 0. The average Bonchev–Trinajstić information content (AvgIpc) is 2.15. The van der Waals surface area contributed by atoms with Gasteiger partial charge in [0.15, 0.2) is 0 Å². The molecule has 80 valence electrons. The monoisotopic (exact) mass is 248 g/mol. The van der Waals surface area contributed by atoms with Crippen molar-refractivity contribution in [3.63, 3.8) is 0 Å². The molecule has 0 amide bonds. The van der Waals surface area contributed by atoms with Gasteiger partial charge in [-0.2, -0.15) is 0 Å². The van der Waals surface area contributed by atoms with Crippen LogP contribution in [0.3, 0.4) is 0 Å². The smallest absolute Gasteiger partial charge is 0.330 e. The van der Waals surface area contributed by atoms with Gasteiger partial charge in [-0.05, 0) is 18.2 Å². The molecule has 0 saturated heterocycles. The first-order valence-electron chi connectivity index (χ1n) is 3.95. The molecule has 0 saturated carbocycles. The van der Waals surface area contributed by atoms with Crippen molar-refractivity contribution >= 4 is 35.2 Å². The van der Waals surface area contributed by atoms with Crippen molar-refractivity contribution in [3.8, 4) is 0 Å². The molecule has 0 heterocycles. The van der Waals surface area contributed by atoms with Crippen LogP contribution in [0, 0.1) is 5.82 Å². The zero-order valence-corrected chi connectivity index (χ0v) is 9.27. The van der Waals surface area contributed by atoms with Gasteiger partial charge in [-0.3, -0.25) is 0 Å². The predicted molar refractivity (Wildman–Crippen MR) is 57.5 cm³/mol. The van der Waals surface area contributed by atoms with E-state index in [2.05, 4.69) is 4.74 Å². The van der Waals surface area contributed by atoms with Crippen LogP contribution in [0.5, 0.6) is 0 Å². The summed E-state index contributed by atoms with van der Waals surface area (Å²) in [6.45, 7) is 0. The molecule has 0 bridgehead atoms. The molecule has 15 heavy (non-hydrogen) atoms. The van der Waals surface area contributed by atoms with E-state index in [-0.39, 0.29) is 10.0 Å². The Morgan fingerprint density at radius 2 is 1.93 bits per heavy atom. The van der Waals surface area contributed by atoms with Gasteiger partial charge < -0.3 is 4.74 Å². The third kappa shape index (κ3) is 3.22. The molecule has 0 atom stereocenters. The van der Waals surface area contributed by atoms with Crippen LogP contribution in [-0.4, -0.2) is 13.1 Å². The number of hydrogen-bond acceptors (Lipinski definition) is 2. The van der Waals surface area contributed by atoms with Crippen molar-refractivity contribution in [2.24, 2.45) is 0 Å². The average molecular weight is 249 g/mol. The molecule has 1 aromatic carbocycles. The lowest BCUT2D eigenvalue weighted by Crippen LogP contribution is -1.93. The van der Waals surface area contributed by atoms with Crippen LogP contribution in [0.15, 0.2) is 18.2 Å². The molecule has 0 spiro atoms. The Kier molecular flexibility index (Phi) is 4.12. The Bertz CT molecular complexity index is 393. The molecule has 0 aromatic heterocycles. The normalized spacial score (nSPS) is 10.7.